The van der Waals surface area contributed by atoms with Crippen molar-refractivity contribution < 1.29 is 109 Å². The summed E-state index contributed by atoms with van der Waals surface area (Å²) in [4.78, 5) is 129. The SMILES string of the molecule is COc1cc(/C(N)=C(\C#N)C(=O)N2CCCCC2)cc([N+](=O)[O-])c1OC.N#C/C(=C(/N)c1cc(O)c(O)c([N+](=O)[O-])c1)c1nc2ccccc2s1.N#C/C(=C(/N)c1cc(O)c(O)c([N+](=O)[O-])c1)c1nccs1.N#C/C(C(=O)N1CCCCC1)=C(/N)c1cc(O)c(O)c([N+](=O)[O-])c1.N#C/C(C(=O)Nc1nccs1)=C(/N)c1cc(O)c(O)c([N+](=O)[O-])c1.N#C/C(C(=O)Nc1ncns1)=C(/N)c1cc(O)c(O)c([N+](=O)[O-])c1. The molecule has 6 heterocycles. The number of nitro benzene ring substituents is 6. The van der Waals surface area contributed by atoms with Crippen LogP contribution in [0.4, 0.5) is 44.4 Å². The Balaban J connectivity index is 0.000000211. The van der Waals surface area contributed by atoms with Gasteiger partial charge in [-0.3, -0.25) is 90.5 Å². The average molecular weight is 2050 g/mol. The summed E-state index contributed by atoms with van der Waals surface area (Å²) >= 11 is 4.42. The number of fused-ring (bicyclic) bond motifs is 1. The van der Waals surface area contributed by atoms with Crippen molar-refractivity contribution in [3.63, 3.8) is 0 Å². The molecule has 55 nitrogen and oxygen atoms in total. The number of nitrogens with two attached hydrogens (primary N) is 6. The molecule has 0 unspecified atom stereocenters. The fourth-order valence-corrected chi connectivity index (χ4v) is 15.2. The maximum atomic E-state index is 12.6. The number of thiazole rings is 3. The van der Waals surface area contributed by atoms with E-state index in [0.29, 0.717) is 41.7 Å². The van der Waals surface area contributed by atoms with E-state index < -0.39 is 162 Å². The molecule has 2 aliphatic rings. The summed E-state index contributed by atoms with van der Waals surface area (Å²) in [7, 11) is 2.61. The number of anilines is 2. The van der Waals surface area contributed by atoms with Gasteiger partial charge in [0.25, 0.3) is 23.6 Å². The van der Waals surface area contributed by atoms with Crippen LogP contribution < -0.4 is 54.5 Å². The van der Waals surface area contributed by atoms with Crippen LogP contribution in [-0.4, -0.2) is 179 Å². The van der Waals surface area contributed by atoms with Gasteiger partial charge >= 0.3 is 34.1 Å². The summed E-state index contributed by atoms with van der Waals surface area (Å²) in [5, 5.41) is 226. The summed E-state index contributed by atoms with van der Waals surface area (Å²) in [5.41, 5.74) is 28.5. The lowest BCUT2D eigenvalue weighted by Crippen LogP contribution is -2.37. The largest absolute Gasteiger partial charge is 0.504 e. The Bertz CT molecular complexity index is 7240. The van der Waals surface area contributed by atoms with Gasteiger partial charge in [0.1, 0.15) is 86.2 Å². The first kappa shape index (κ1) is 109. The Labute approximate surface area is 821 Å². The number of hydrogen-bond donors (Lipinski definition) is 18. The molecule has 59 heteroatoms. The van der Waals surface area contributed by atoms with Crippen LogP contribution in [0.5, 0.6) is 69.0 Å². The number of nitriles is 6. The second-order valence-corrected chi connectivity index (χ2v) is 32.1. The van der Waals surface area contributed by atoms with E-state index in [-0.39, 0.29) is 106 Å². The lowest BCUT2D eigenvalue weighted by Gasteiger charge is -2.26. The van der Waals surface area contributed by atoms with Gasteiger partial charge in [-0.2, -0.15) is 35.9 Å². The highest BCUT2D eigenvalue weighted by molar-refractivity contribution is 7.19. The predicted octanol–water partition coefficient (Wildman–Crippen LogP) is 9.79. The Morgan fingerprint density at radius 1 is 0.403 bits per heavy atom. The molecule has 24 N–H and O–H groups in total. The minimum absolute atomic E-state index is 0.0283. The molecular formula is C85H71N27O28S4. The third-order valence-electron chi connectivity index (χ3n) is 19.7. The van der Waals surface area contributed by atoms with E-state index in [9.17, 15) is 147 Å². The van der Waals surface area contributed by atoms with E-state index in [4.69, 9.17) is 59.7 Å². The second kappa shape index (κ2) is 49.2. The molecule has 738 valence electrons. The molecule has 0 aliphatic carbocycles. The van der Waals surface area contributed by atoms with Crippen molar-refractivity contribution in [1.29, 1.82) is 31.6 Å². The molecule has 0 radical (unpaired) electrons. The molecule has 4 amide bonds. The van der Waals surface area contributed by atoms with Crippen molar-refractivity contribution >= 4 is 169 Å². The minimum atomic E-state index is -0.951. The highest BCUT2D eigenvalue weighted by Gasteiger charge is 2.33. The van der Waals surface area contributed by atoms with Gasteiger partial charge in [0.15, 0.2) is 39.6 Å². The Morgan fingerprint density at radius 3 is 1.05 bits per heavy atom. The van der Waals surface area contributed by atoms with Gasteiger partial charge in [0, 0.05) is 131 Å². The number of carbonyl (C=O) groups excluding carboxylic acids is 4. The van der Waals surface area contributed by atoms with E-state index in [1.165, 1.54) is 66.6 Å². The number of methoxy groups -OCH3 is 2. The quantitative estimate of drug-likeness (QED) is 0.00986. The second-order valence-electron chi connectivity index (χ2n) is 28.5. The van der Waals surface area contributed by atoms with Gasteiger partial charge in [0.05, 0.1) is 88.2 Å². The Morgan fingerprint density at radius 2 is 0.736 bits per heavy atom. The van der Waals surface area contributed by atoms with Gasteiger partial charge in [-0.05, 0) is 87.1 Å². The van der Waals surface area contributed by atoms with Gasteiger partial charge in [0.2, 0.25) is 39.6 Å². The van der Waals surface area contributed by atoms with Crippen molar-refractivity contribution in [2.45, 2.75) is 38.5 Å². The van der Waals surface area contributed by atoms with E-state index >= 15 is 0 Å². The van der Waals surface area contributed by atoms with Crippen LogP contribution in [0.25, 0.3) is 55.5 Å². The molecule has 4 aromatic heterocycles. The molecule has 7 aromatic carbocycles. The zero-order chi connectivity index (χ0) is 107. The first-order chi connectivity index (χ1) is 68.4. The standard InChI is InChI=1S/C17H20N4O5.C16H10N4O4S.C15H16N4O5.C13H9N5O5S.C12H8N6O5S.C12H8N4O4S/c1-25-14-9-11(8-13(21(23)24)16(14)26-2)15(19)12(10-18)17(22)20-6-4-3-5-7-20;17-7-9(16-19-10-3-1-2-4-13(10)25-16)14(18)8-5-11(20(23)24)15(22)12(21)6-8;16-8-10(15(22)18-4-2-1-3-5-18)13(17)9-6-11(19(23)24)14(21)12(20)7-9;14-5-7(12(21)17-13-16-1-2-24-13)10(15)6-3-8(18(22)23)11(20)9(19)4-6;13-3-6(11(21)17-12-15-4-16-24-12)9(14)5-1-7(18(22)23)10(20)8(19)2-5;13-5-7(12-15-1-2-21-12)10(14)6-3-8(16(19)20)11(18)9(17)4-6/h8-9H,3-7,19H2,1-2H3;1-6,21-22H,18H2;6-7,20-21H,1-5,17H2;1-4,19-20H,15H2,(H,16,17,21);1-2,4,19-20H,14H2,(H,15,16,17,21);1-4,17-18H,14H2/b15-12-;14-9-;13-10-;10-7-;9-6-;10-7-. The van der Waals surface area contributed by atoms with Crippen LogP contribution in [-0.2, 0) is 19.2 Å². The van der Waals surface area contributed by atoms with Gasteiger partial charge < -0.3 is 105 Å². The van der Waals surface area contributed by atoms with Crippen molar-refractivity contribution in [2.75, 3.05) is 51.0 Å². The first-order valence-corrected chi connectivity index (χ1v) is 43.2. The lowest BCUT2D eigenvalue weighted by atomic mass is 10.0. The number of nitro groups is 6. The van der Waals surface area contributed by atoms with Crippen LogP contribution in [0.1, 0.15) is 81.9 Å². The zero-order valence-corrected chi connectivity index (χ0v) is 76.9. The number of phenols is 10. The Kier molecular flexibility index (Phi) is 37.1. The molecular weight excluding hydrogens is 1980 g/mol. The lowest BCUT2D eigenvalue weighted by molar-refractivity contribution is -0.386. The molecule has 11 aromatic rings. The van der Waals surface area contributed by atoms with Crippen LogP contribution in [0.2, 0.25) is 0 Å². The van der Waals surface area contributed by atoms with Crippen LogP contribution in [0, 0.1) is 129 Å². The van der Waals surface area contributed by atoms with E-state index in [2.05, 4.69) is 34.9 Å². The van der Waals surface area contributed by atoms with Crippen molar-refractivity contribution in [3.05, 3.63) is 253 Å². The number of rotatable bonds is 22. The summed E-state index contributed by atoms with van der Waals surface area (Å²) in [6.45, 7) is 2.14. The van der Waals surface area contributed by atoms with Gasteiger partial charge in [-0.15, -0.1) is 34.0 Å². The molecule has 2 saturated heterocycles. The number of nitrogens with one attached hydrogen (secondary N) is 2. The smallest absolute Gasteiger partial charge is 0.315 e. The number of aromatic nitrogens is 5. The number of carbonyl (C=O) groups is 4. The third kappa shape index (κ3) is 26.1. The number of likely N-dealkylation sites (tertiary alicyclic amines) is 2. The summed E-state index contributed by atoms with van der Waals surface area (Å²) < 4.78 is 14.7. The fourth-order valence-electron chi connectivity index (χ4n) is 12.6. The average Bonchev–Trinajstić information content (AvgIpc) is 1.45. The van der Waals surface area contributed by atoms with Crippen molar-refractivity contribution in [2.24, 2.45) is 34.4 Å². The van der Waals surface area contributed by atoms with Crippen molar-refractivity contribution in [1.82, 2.24) is 34.1 Å². The molecule has 2 aliphatic heterocycles. The molecule has 0 saturated carbocycles. The summed E-state index contributed by atoms with van der Waals surface area (Å²) in [6, 6.07) is 29.9. The molecule has 0 atom stereocenters. The predicted molar refractivity (Wildman–Crippen MR) is 510 cm³/mol. The number of aromatic hydroxyl groups is 10. The zero-order valence-electron chi connectivity index (χ0n) is 73.6. The first-order valence-electron chi connectivity index (χ1n) is 39.8. The van der Waals surface area contributed by atoms with Crippen LogP contribution >= 0.6 is 45.5 Å². The van der Waals surface area contributed by atoms with E-state index in [1.807, 2.05) is 36.4 Å². The fraction of sp³-hybridized carbons (Fsp3) is 0.141. The van der Waals surface area contributed by atoms with Crippen LogP contribution in [0.3, 0.4) is 0 Å². The maximum absolute atomic E-state index is 12.6. The van der Waals surface area contributed by atoms with E-state index in [0.717, 1.165) is 133 Å². The van der Waals surface area contributed by atoms with E-state index in [1.54, 1.807) is 39.9 Å². The Hall–Kier alpha value is -20.7. The number of para-hydroxylation sites is 1. The molecule has 13 rings (SSSR count). The molecule has 0 spiro atoms. The number of phenolic OH excluding ortho intramolecular Hbond substituents is 10. The molecule has 2 fully saturated rings. The number of amides is 4. The van der Waals surface area contributed by atoms with Gasteiger partial charge in [-0.1, -0.05) is 12.1 Å². The number of benzene rings is 7. The van der Waals surface area contributed by atoms with Gasteiger partial charge in [-0.25, -0.2) is 19.9 Å². The number of ether oxygens (including phenoxy) is 2. The number of allylic oxidation sites excluding steroid dienone is 2. The number of piperidine rings is 2. The monoisotopic (exact) mass is 2050 g/mol. The normalized spacial score (nSPS) is 12.8. The topological polar surface area (TPSA) is 942 Å². The minimum Gasteiger partial charge on any atom is -0.504 e. The highest BCUT2D eigenvalue weighted by atomic mass is 32.1. The highest BCUT2D eigenvalue weighted by Crippen LogP contribution is 2.46. The number of hydrogen-bond acceptors (Lipinski definition) is 49. The molecule has 144 heavy (non-hydrogen) atoms. The van der Waals surface area contributed by atoms with Crippen LogP contribution in [0.15, 0.2) is 149 Å². The van der Waals surface area contributed by atoms with Crippen molar-refractivity contribution in [3.8, 4) is 105 Å². The molecule has 0 bridgehead atoms. The number of nitrogens with zero attached hydrogens (tertiary/aromatic N) is 19. The summed E-state index contributed by atoms with van der Waals surface area (Å²) in [5.74, 6) is -11.1. The maximum Gasteiger partial charge on any atom is 0.315 e. The summed E-state index contributed by atoms with van der Waals surface area (Å²) in [6.07, 6.45) is 9.56. The third-order valence-corrected chi connectivity index (χ3v) is 22.8.